The molecule has 1 N–H and O–H groups in total. The third-order valence-electron chi connectivity index (χ3n) is 4.66. The van der Waals surface area contributed by atoms with E-state index in [2.05, 4.69) is 46.4 Å². The summed E-state index contributed by atoms with van der Waals surface area (Å²) in [6.07, 6.45) is 1.59. The molecule has 128 valence electrons. The lowest BCUT2D eigenvalue weighted by atomic mass is 9.94. The summed E-state index contributed by atoms with van der Waals surface area (Å²) in [6.45, 7) is 7.99. The summed E-state index contributed by atoms with van der Waals surface area (Å²) in [5.41, 5.74) is 3.73. The van der Waals surface area contributed by atoms with E-state index >= 15 is 0 Å². The standard InChI is InChI=1S/C19H25N3OS/c1-14-5-3-4-6-18(14)16-7-9-22(12-16)10-8-20-19(23)11-17-13-24-15(2)21-17/h3-6,13,16H,7-12H2,1-2H3,(H,20,23)/t16-/m0/s1. The van der Waals surface area contributed by atoms with E-state index in [1.54, 1.807) is 11.3 Å². The molecule has 24 heavy (non-hydrogen) atoms. The van der Waals surface area contributed by atoms with Gasteiger partial charge < -0.3 is 10.2 Å². The molecule has 1 aromatic carbocycles. The summed E-state index contributed by atoms with van der Waals surface area (Å²) in [5, 5.41) is 5.99. The molecule has 1 atom stereocenters. The zero-order chi connectivity index (χ0) is 16.9. The lowest BCUT2D eigenvalue weighted by Gasteiger charge is -2.17. The Kier molecular flexibility index (Phi) is 5.63. The number of nitrogens with one attached hydrogen (secondary N) is 1. The molecule has 1 saturated heterocycles. The van der Waals surface area contributed by atoms with Crippen molar-refractivity contribution in [2.45, 2.75) is 32.6 Å². The first-order valence-electron chi connectivity index (χ1n) is 8.57. The van der Waals surface area contributed by atoms with Gasteiger partial charge in [-0.05, 0) is 43.9 Å². The Hall–Kier alpha value is -1.72. The number of hydrogen-bond donors (Lipinski definition) is 1. The van der Waals surface area contributed by atoms with Crippen LogP contribution in [0.15, 0.2) is 29.6 Å². The lowest BCUT2D eigenvalue weighted by molar-refractivity contribution is -0.120. The predicted molar refractivity (Wildman–Crippen MR) is 98.5 cm³/mol. The molecule has 0 bridgehead atoms. The van der Waals surface area contributed by atoms with Gasteiger partial charge in [-0.25, -0.2) is 4.98 Å². The summed E-state index contributed by atoms with van der Waals surface area (Å²) in [6, 6.07) is 8.68. The Labute approximate surface area is 147 Å². The van der Waals surface area contributed by atoms with E-state index in [1.807, 2.05) is 12.3 Å². The van der Waals surface area contributed by atoms with Crippen LogP contribution in [0, 0.1) is 13.8 Å². The van der Waals surface area contributed by atoms with Crippen LogP contribution in [0.25, 0.3) is 0 Å². The molecule has 4 nitrogen and oxygen atoms in total. The molecular formula is C19H25N3OS. The van der Waals surface area contributed by atoms with Crippen LogP contribution in [0.2, 0.25) is 0 Å². The van der Waals surface area contributed by atoms with Gasteiger partial charge in [0.1, 0.15) is 0 Å². The van der Waals surface area contributed by atoms with E-state index in [1.165, 1.54) is 17.5 Å². The largest absolute Gasteiger partial charge is 0.354 e. The van der Waals surface area contributed by atoms with Crippen molar-refractivity contribution in [1.82, 2.24) is 15.2 Å². The molecule has 1 aromatic heterocycles. The van der Waals surface area contributed by atoms with Crippen LogP contribution in [0.4, 0.5) is 0 Å². The second-order valence-corrected chi connectivity index (χ2v) is 7.59. The number of thiazole rings is 1. The highest BCUT2D eigenvalue weighted by Crippen LogP contribution is 2.28. The number of aromatic nitrogens is 1. The second-order valence-electron chi connectivity index (χ2n) is 6.53. The van der Waals surface area contributed by atoms with Crippen molar-refractivity contribution in [2.24, 2.45) is 0 Å². The Morgan fingerprint density at radius 2 is 2.21 bits per heavy atom. The molecule has 1 amide bonds. The fourth-order valence-corrected chi connectivity index (χ4v) is 4.02. The average molecular weight is 343 g/mol. The van der Waals surface area contributed by atoms with Crippen LogP contribution >= 0.6 is 11.3 Å². The van der Waals surface area contributed by atoms with Crippen LogP contribution in [0.5, 0.6) is 0 Å². The quantitative estimate of drug-likeness (QED) is 0.877. The van der Waals surface area contributed by atoms with Gasteiger partial charge in [0, 0.05) is 25.0 Å². The number of aryl methyl sites for hydroxylation is 2. The van der Waals surface area contributed by atoms with Gasteiger partial charge in [0.05, 0.1) is 17.1 Å². The molecule has 0 unspecified atom stereocenters. The van der Waals surface area contributed by atoms with Crippen LogP contribution in [0.1, 0.15) is 34.2 Å². The minimum atomic E-state index is 0.0648. The number of carbonyl (C=O) groups excluding carboxylic acids is 1. The van der Waals surface area contributed by atoms with E-state index < -0.39 is 0 Å². The van der Waals surface area contributed by atoms with Crippen molar-refractivity contribution in [1.29, 1.82) is 0 Å². The topological polar surface area (TPSA) is 45.2 Å². The highest BCUT2D eigenvalue weighted by atomic mass is 32.1. The summed E-state index contributed by atoms with van der Waals surface area (Å²) < 4.78 is 0. The van der Waals surface area contributed by atoms with E-state index in [-0.39, 0.29) is 5.91 Å². The third kappa shape index (κ3) is 4.42. The molecule has 2 aromatic rings. The summed E-state index contributed by atoms with van der Waals surface area (Å²) in [5.74, 6) is 0.690. The molecule has 5 heteroatoms. The summed E-state index contributed by atoms with van der Waals surface area (Å²) >= 11 is 1.59. The van der Waals surface area contributed by atoms with Crippen molar-refractivity contribution in [2.75, 3.05) is 26.2 Å². The molecule has 2 heterocycles. The summed E-state index contributed by atoms with van der Waals surface area (Å²) in [4.78, 5) is 18.7. The molecule has 1 aliphatic rings. The van der Waals surface area contributed by atoms with Crippen LogP contribution in [-0.2, 0) is 11.2 Å². The fourth-order valence-electron chi connectivity index (χ4n) is 3.40. The van der Waals surface area contributed by atoms with Gasteiger partial charge >= 0.3 is 0 Å². The number of hydrogen-bond acceptors (Lipinski definition) is 4. The fraction of sp³-hybridized carbons (Fsp3) is 0.474. The number of likely N-dealkylation sites (tertiary alicyclic amines) is 1. The van der Waals surface area contributed by atoms with Crippen LogP contribution in [0.3, 0.4) is 0 Å². The second kappa shape index (κ2) is 7.90. The monoisotopic (exact) mass is 343 g/mol. The van der Waals surface area contributed by atoms with Gasteiger partial charge in [-0.2, -0.15) is 0 Å². The van der Waals surface area contributed by atoms with Crippen molar-refractivity contribution in [3.05, 3.63) is 51.5 Å². The van der Waals surface area contributed by atoms with E-state index in [9.17, 15) is 4.79 Å². The van der Waals surface area contributed by atoms with E-state index in [0.29, 0.717) is 18.9 Å². The minimum absolute atomic E-state index is 0.0648. The van der Waals surface area contributed by atoms with Gasteiger partial charge in [0.2, 0.25) is 5.91 Å². The maximum atomic E-state index is 12.0. The lowest BCUT2D eigenvalue weighted by Crippen LogP contribution is -2.34. The average Bonchev–Trinajstić information content (AvgIpc) is 3.17. The van der Waals surface area contributed by atoms with Gasteiger partial charge in [0.25, 0.3) is 0 Å². The van der Waals surface area contributed by atoms with E-state index in [4.69, 9.17) is 0 Å². The molecule has 0 saturated carbocycles. The first-order valence-corrected chi connectivity index (χ1v) is 9.45. The maximum Gasteiger partial charge on any atom is 0.226 e. The predicted octanol–water partition coefficient (Wildman–Crippen LogP) is 2.91. The number of nitrogens with zero attached hydrogens (tertiary/aromatic N) is 2. The molecule has 0 aliphatic carbocycles. The first-order chi connectivity index (χ1) is 11.6. The SMILES string of the molecule is Cc1nc(CC(=O)NCCN2CC[C@H](c3ccccc3C)C2)cs1. The number of rotatable bonds is 6. The molecule has 1 fully saturated rings. The highest BCUT2D eigenvalue weighted by Gasteiger charge is 2.24. The zero-order valence-electron chi connectivity index (χ0n) is 14.4. The van der Waals surface area contributed by atoms with E-state index in [0.717, 1.165) is 30.3 Å². The smallest absolute Gasteiger partial charge is 0.226 e. The first kappa shape index (κ1) is 17.1. The summed E-state index contributed by atoms with van der Waals surface area (Å²) in [7, 11) is 0. The van der Waals surface area contributed by atoms with Gasteiger partial charge in [0.15, 0.2) is 0 Å². The van der Waals surface area contributed by atoms with Crippen molar-refractivity contribution < 1.29 is 4.79 Å². The number of carbonyl (C=O) groups is 1. The van der Waals surface area contributed by atoms with Crippen LogP contribution < -0.4 is 5.32 Å². The molecule has 0 spiro atoms. The number of benzene rings is 1. The van der Waals surface area contributed by atoms with Gasteiger partial charge in [-0.15, -0.1) is 11.3 Å². The molecule has 1 aliphatic heterocycles. The van der Waals surface area contributed by atoms with Gasteiger partial charge in [-0.3, -0.25) is 4.79 Å². The van der Waals surface area contributed by atoms with Crippen molar-refractivity contribution in [3.63, 3.8) is 0 Å². The molecular weight excluding hydrogens is 318 g/mol. The molecule has 0 radical (unpaired) electrons. The minimum Gasteiger partial charge on any atom is -0.354 e. The Balaban J connectivity index is 1.40. The van der Waals surface area contributed by atoms with Crippen molar-refractivity contribution in [3.8, 4) is 0 Å². The Bertz CT molecular complexity index is 697. The third-order valence-corrected chi connectivity index (χ3v) is 5.48. The normalized spacial score (nSPS) is 18.0. The Morgan fingerprint density at radius 1 is 1.38 bits per heavy atom. The zero-order valence-corrected chi connectivity index (χ0v) is 15.2. The van der Waals surface area contributed by atoms with Gasteiger partial charge in [-0.1, -0.05) is 24.3 Å². The number of amides is 1. The maximum absolute atomic E-state index is 12.0. The van der Waals surface area contributed by atoms with Crippen LogP contribution in [-0.4, -0.2) is 42.0 Å². The Morgan fingerprint density at radius 3 is 2.96 bits per heavy atom. The van der Waals surface area contributed by atoms with Crippen molar-refractivity contribution >= 4 is 17.2 Å². The molecule has 3 rings (SSSR count). The highest BCUT2D eigenvalue weighted by molar-refractivity contribution is 7.09.